The summed E-state index contributed by atoms with van der Waals surface area (Å²) in [7, 11) is 0. The fourth-order valence-electron chi connectivity index (χ4n) is 2.19. The Morgan fingerprint density at radius 2 is 2.47 bits per heavy atom. The van der Waals surface area contributed by atoms with Gasteiger partial charge in [-0.25, -0.2) is 0 Å². The highest BCUT2D eigenvalue weighted by molar-refractivity contribution is 7.10. The van der Waals surface area contributed by atoms with E-state index < -0.39 is 0 Å². The van der Waals surface area contributed by atoms with Gasteiger partial charge in [-0.1, -0.05) is 0 Å². The molecule has 0 bridgehead atoms. The third-order valence-corrected chi connectivity index (χ3v) is 4.07. The molecule has 82 valence electrons. The lowest BCUT2D eigenvalue weighted by Gasteiger charge is -2.31. The first kappa shape index (κ1) is 10.8. The summed E-state index contributed by atoms with van der Waals surface area (Å²) in [6.45, 7) is 5.95. The molecular formula is C12H17NOS. The lowest BCUT2D eigenvalue weighted by Crippen LogP contribution is -2.38. The van der Waals surface area contributed by atoms with Crippen molar-refractivity contribution in [1.29, 1.82) is 0 Å². The van der Waals surface area contributed by atoms with Crippen LogP contribution < -0.4 is 0 Å². The summed E-state index contributed by atoms with van der Waals surface area (Å²) in [6.07, 6.45) is 1.83. The highest BCUT2D eigenvalue weighted by Crippen LogP contribution is 2.25. The van der Waals surface area contributed by atoms with E-state index in [1.807, 2.05) is 11.3 Å². The Morgan fingerprint density at radius 1 is 1.67 bits per heavy atom. The van der Waals surface area contributed by atoms with Crippen LogP contribution in [0, 0.1) is 0 Å². The molecule has 0 saturated carbocycles. The number of Topliss-reactive ketones (excluding diaryl/α,β-unsaturated/α-hetero) is 1. The number of fused-ring (bicyclic) bond motifs is 1. The summed E-state index contributed by atoms with van der Waals surface area (Å²) in [5, 5.41) is 2.17. The third kappa shape index (κ3) is 2.47. The van der Waals surface area contributed by atoms with Crippen LogP contribution in [0.25, 0.3) is 0 Å². The maximum absolute atomic E-state index is 11.1. The fourth-order valence-corrected chi connectivity index (χ4v) is 3.08. The van der Waals surface area contributed by atoms with Gasteiger partial charge in [0.2, 0.25) is 0 Å². The highest BCUT2D eigenvalue weighted by atomic mass is 32.1. The molecule has 0 saturated heterocycles. The van der Waals surface area contributed by atoms with Gasteiger partial charge in [0.15, 0.2) is 0 Å². The van der Waals surface area contributed by atoms with Crippen LogP contribution in [0.15, 0.2) is 11.4 Å². The van der Waals surface area contributed by atoms with Crippen LogP contribution in [0.4, 0.5) is 0 Å². The summed E-state index contributed by atoms with van der Waals surface area (Å²) < 4.78 is 0. The van der Waals surface area contributed by atoms with Gasteiger partial charge in [-0.15, -0.1) is 11.3 Å². The zero-order valence-electron chi connectivity index (χ0n) is 9.32. The Bertz CT molecular complexity index is 358. The lowest BCUT2D eigenvalue weighted by atomic mass is 10.1. The van der Waals surface area contributed by atoms with E-state index in [9.17, 15) is 4.79 Å². The summed E-state index contributed by atoms with van der Waals surface area (Å²) in [5.41, 5.74) is 1.46. The van der Waals surface area contributed by atoms with Gasteiger partial charge in [-0.2, -0.15) is 0 Å². The SMILES string of the molecule is CC(=O)CC(C)N1CCc2sccc2C1. The number of thiophene rings is 1. The molecule has 2 rings (SSSR count). The van der Waals surface area contributed by atoms with Crippen LogP contribution in [0.2, 0.25) is 0 Å². The van der Waals surface area contributed by atoms with Gasteiger partial charge < -0.3 is 0 Å². The number of ketones is 1. The average molecular weight is 223 g/mol. The Hall–Kier alpha value is -0.670. The molecule has 1 aliphatic rings. The summed E-state index contributed by atoms with van der Waals surface area (Å²) in [6, 6.07) is 2.60. The van der Waals surface area contributed by atoms with Gasteiger partial charge in [-0.3, -0.25) is 9.69 Å². The van der Waals surface area contributed by atoms with Crippen molar-refractivity contribution in [3.05, 3.63) is 21.9 Å². The maximum atomic E-state index is 11.1. The van der Waals surface area contributed by atoms with Crippen molar-refractivity contribution in [2.24, 2.45) is 0 Å². The van der Waals surface area contributed by atoms with E-state index in [0.717, 1.165) is 19.5 Å². The van der Waals surface area contributed by atoms with Crippen molar-refractivity contribution in [2.45, 2.75) is 39.3 Å². The number of rotatable bonds is 3. The molecule has 1 aromatic rings. The van der Waals surface area contributed by atoms with E-state index in [2.05, 4.69) is 23.3 Å². The molecule has 2 heterocycles. The molecule has 0 N–H and O–H groups in total. The van der Waals surface area contributed by atoms with Gasteiger partial charge in [0.25, 0.3) is 0 Å². The van der Waals surface area contributed by atoms with Gasteiger partial charge >= 0.3 is 0 Å². The Labute approximate surface area is 94.9 Å². The molecule has 0 radical (unpaired) electrons. The fraction of sp³-hybridized carbons (Fsp3) is 0.583. The van der Waals surface area contributed by atoms with Crippen molar-refractivity contribution >= 4 is 17.1 Å². The van der Waals surface area contributed by atoms with Crippen LogP contribution in [0.3, 0.4) is 0 Å². The second kappa shape index (κ2) is 4.45. The molecular weight excluding hydrogens is 206 g/mol. The van der Waals surface area contributed by atoms with E-state index in [1.54, 1.807) is 6.92 Å². The van der Waals surface area contributed by atoms with Crippen LogP contribution in [-0.2, 0) is 17.8 Å². The van der Waals surface area contributed by atoms with Crippen LogP contribution >= 0.6 is 11.3 Å². The average Bonchev–Trinajstić information content (AvgIpc) is 2.62. The molecule has 15 heavy (non-hydrogen) atoms. The quantitative estimate of drug-likeness (QED) is 0.784. The highest BCUT2D eigenvalue weighted by Gasteiger charge is 2.21. The molecule has 1 aliphatic heterocycles. The normalized spacial score (nSPS) is 18.5. The minimum Gasteiger partial charge on any atom is -0.300 e. The number of carbonyl (C=O) groups is 1. The maximum Gasteiger partial charge on any atom is 0.131 e. The minimum absolute atomic E-state index is 0.290. The third-order valence-electron chi connectivity index (χ3n) is 3.04. The zero-order chi connectivity index (χ0) is 10.8. The zero-order valence-corrected chi connectivity index (χ0v) is 10.1. The predicted octanol–water partition coefficient (Wildman–Crippen LogP) is 2.47. The monoisotopic (exact) mass is 223 g/mol. The Morgan fingerprint density at radius 3 is 3.20 bits per heavy atom. The molecule has 0 aromatic carbocycles. The van der Waals surface area contributed by atoms with E-state index >= 15 is 0 Å². The van der Waals surface area contributed by atoms with Crippen molar-refractivity contribution in [1.82, 2.24) is 4.90 Å². The minimum atomic E-state index is 0.290. The first-order chi connectivity index (χ1) is 7.16. The van der Waals surface area contributed by atoms with Gasteiger partial charge in [0.1, 0.15) is 5.78 Å². The van der Waals surface area contributed by atoms with E-state index in [0.29, 0.717) is 18.2 Å². The second-order valence-corrected chi connectivity index (χ2v) is 5.35. The number of hydrogen-bond acceptors (Lipinski definition) is 3. The van der Waals surface area contributed by atoms with E-state index in [-0.39, 0.29) is 0 Å². The molecule has 0 amide bonds. The van der Waals surface area contributed by atoms with Crippen molar-refractivity contribution in [3.63, 3.8) is 0 Å². The second-order valence-electron chi connectivity index (χ2n) is 4.34. The molecule has 0 fully saturated rings. The molecule has 0 spiro atoms. The number of hydrogen-bond donors (Lipinski definition) is 0. The van der Waals surface area contributed by atoms with Gasteiger partial charge in [0.05, 0.1) is 0 Å². The lowest BCUT2D eigenvalue weighted by molar-refractivity contribution is -0.118. The first-order valence-electron chi connectivity index (χ1n) is 5.45. The first-order valence-corrected chi connectivity index (χ1v) is 6.33. The van der Waals surface area contributed by atoms with Crippen LogP contribution in [0.5, 0.6) is 0 Å². The molecule has 1 unspecified atom stereocenters. The number of nitrogens with zero attached hydrogens (tertiary/aromatic N) is 1. The van der Waals surface area contributed by atoms with Crippen LogP contribution in [0.1, 0.15) is 30.7 Å². The standard InChI is InChI=1S/C12H17NOS/c1-9(7-10(2)14)13-5-3-12-11(8-13)4-6-15-12/h4,6,9H,3,5,7-8H2,1-2H3. The van der Waals surface area contributed by atoms with E-state index in [1.165, 1.54) is 10.4 Å². The van der Waals surface area contributed by atoms with Crippen molar-refractivity contribution in [3.8, 4) is 0 Å². The Kier molecular flexibility index (Phi) is 3.22. The van der Waals surface area contributed by atoms with E-state index in [4.69, 9.17) is 0 Å². The molecule has 0 aliphatic carbocycles. The summed E-state index contributed by atoms with van der Waals surface area (Å²) in [4.78, 5) is 15.0. The van der Waals surface area contributed by atoms with Crippen molar-refractivity contribution in [2.75, 3.05) is 6.54 Å². The molecule has 2 nitrogen and oxygen atoms in total. The molecule has 3 heteroatoms. The smallest absolute Gasteiger partial charge is 0.131 e. The topological polar surface area (TPSA) is 20.3 Å². The van der Waals surface area contributed by atoms with Gasteiger partial charge in [-0.05, 0) is 37.3 Å². The molecule has 1 atom stereocenters. The van der Waals surface area contributed by atoms with Gasteiger partial charge in [0, 0.05) is 30.4 Å². The molecule has 1 aromatic heterocycles. The number of carbonyl (C=O) groups excluding carboxylic acids is 1. The van der Waals surface area contributed by atoms with Crippen molar-refractivity contribution < 1.29 is 4.79 Å². The Balaban J connectivity index is 2.00. The summed E-state index contributed by atoms with van der Waals surface area (Å²) in [5.74, 6) is 0.290. The predicted molar refractivity (Wildman–Crippen MR) is 63.2 cm³/mol. The largest absolute Gasteiger partial charge is 0.300 e. The summed E-state index contributed by atoms with van der Waals surface area (Å²) >= 11 is 1.86. The van der Waals surface area contributed by atoms with Crippen LogP contribution in [-0.4, -0.2) is 23.3 Å².